The molecule has 1 heterocycles. The van der Waals surface area contributed by atoms with E-state index >= 15 is 0 Å². The normalized spacial score (nSPS) is 11.8. The van der Waals surface area contributed by atoms with Gasteiger partial charge in [0.15, 0.2) is 5.13 Å². The van der Waals surface area contributed by atoms with Crippen LogP contribution in [-0.4, -0.2) is 27.2 Å². The standard InChI is InChI=1S/C27H25N3O5S/c1-16(2)34-21-9-5-18(6-10-21)25(35-22-7-3-17(13-28)4-8-22)26(33)30-27-29-23-11-19(14-31)20(15-32)12-24(23)36-27/h3-12,16,25,31-32H,14-15H2,1-2H3,(H,29,30,33). The fourth-order valence-corrected chi connectivity index (χ4v) is 4.50. The number of aromatic nitrogens is 1. The molecular formula is C27H25N3O5S. The van der Waals surface area contributed by atoms with Gasteiger partial charge in [-0.25, -0.2) is 4.98 Å². The second-order valence-electron chi connectivity index (χ2n) is 8.28. The number of carbonyl (C=O) groups excluding carboxylic acids is 1. The molecule has 3 aromatic carbocycles. The first kappa shape index (κ1) is 25.1. The van der Waals surface area contributed by atoms with Crippen molar-refractivity contribution in [3.8, 4) is 17.6 Å². The van der Waals surface area contributed by atoms with Crippen molar-refractivity contribution in [1.29, 1.82) is 5.26 Å². The van der Waals surface area contributed by atoms with Crippen LogP contribution in [0.15, 0.2) is 60.7 Å². The molecule has 1 unspecified atom stereocenters. The van der Waals surface area contributed by atoms with Gasteiger partial charge in [-0.05, 0) is 73.5 Å². The predicted molar refractivity (Wildman–Crippen MR) is 137 cm³/mol. The Balaban J connectivity index is 1.62. The SMILES string of the molecule is CC(C)Oc1ccc(C(Oc2ccc(C#N)cc2)C(=O)Nc2nc3cc(CO)c(CO)cc3s2)cc1. The molecule has 0 spiro atoms. The van der Waals surface area contributed by atoms with Crippen LogP contribution >= 0.6 is 11.3 Å². The van der Waals surface area contributed by atoms with Crippen LogP contribution in [0.5, 0.6) is 11.5 Å². The quantitative estimate of drug-likeness (QED) is 0.302. The van der Waals surface area contributed by atoms with E-state index in [1.807, 2.05) is 13.8 Å². The molecule has 1 amide bonds. The second-order valence-corrected chi connectivity index (χ2v) is 9.31. The molecule has 0 saturated heterocycles. The van der Waals surface area contributed by atoms with Crippen LogP contribution in [0.4, 0.5) is 5.13 Å². The largest absolute Gasteiger partial charge is 0.491 e. The minimum atomic E-state index is -1.00. The highest BCUT2D eigenvalue weighted by atomic mass is 32.1. The van der Waals surface area contributed by atoms with Crippen LogP contribution in [0, 0.1) is 11.3 Å². The Bertz CT molecular complexity index is 1350. The van der Waals surface area contributed by atoms with Gasteiger partial charge in [-0.1, -0.05) is 23.5 Å². The maximum atomic E-state index is 13.4. The lowest BCUT2D eigenvalue weighted by molar-refractivity contribution is -0.123. The number of ether oxygens (including phenoxy) is 2. The molecule has 0 aliphatic carbocycles. The summed E-state index contributed by atoms with van der Waals surface area (Å²) in [5.74, 6) is 0.679. The molecule has 0 saturated carbocycles. The molecule has 4 rings (SSSR count). The summed E-state index contributed by atoms with van der Waals surface area (Å²) >= 11 is 1.26. The number of carbonyl (C=O) groups is 1. The molecule has 8 nitrogen and oxygen atoms in total. The summed E-state index contributed by atoms with van der Waals surface area (Å²) in [5.41, 5.74) is 2.89. The third kappa shape index (κ3) is 5.80. The van der Waals surface area contributed by atoms with Crippen molar-refractivity contribution < 1.29 is 24.5 Å². The van der Waals surface area contributed by atoms with Gasteiger partial charge >= 0.3 is 0 Å². The van der Waals surface area contributed by atoms with Crippen LogP contribution in [0.3, 0.4) is 0 Å². The number of rotatable bonds is 9. The average Bonchev–Trinajstić information content (AvgIpc) is 3.27. The Morgan fingerprint density at radius 3 is 2.22 bits per heavy atom. The zero-order chi connectivity index (χ0) is 25.7. The number of aliphatic hydroxyl groups excluding tert-OH is 2. The molecular weight excluding hydrogens is 478 g/mol. The van der Waals surface area contributed by atoms with Crippen molar-refractivity contribution in [2.45, 2.75) is 39.3 Å². The Labute approximate surface area is 212 Å². The van der Waals surface area contributed by atoms with Crippen molar-refractivity contribution in [2.24, 2.45) is 0 Å². The number of aliphatic hydroxyl groups is 2. The number of anilines is 1. The fraction of sp³-hybridized carbons (Fsp3) is 0.222. The topological polar surface area (TPSA) is 125 Å². The summed E-state index contributed by atoms with van der Waals surface area (Å²) < 4.78 is 12.5. The number of benzene rings is 3. The zero-order valence-corrected chi connectivity index (χ0v) is 20.6. The maximum Gasteiger partial charge on any atom is 0.271 e. The minimum Gasteiger partial charge on any atom is -0.491 e. The van der Waals surface area contributed by atoms with Crippen LogP contribution < -0.4 is 14.8 Å². The number of nitrogens with one attached hydrogen (secondary N) is 1. The monoisotopic (exact) mass is 503 g/mol. The number of nitrogens with zero attached hydrogens (tertiary/aromatic N) is 2. The zero-order valence-electron chi connectivity index (χ0n) is 19.8. The highest BCUT2D eigenvalue weighted by Crippen LogP contribution is 2.31. The Hall–Kier alpha value is -3.97. The molecule has 9 heteroatoms. The first-order chi connectivity index (χ1) is 17.4. The lowest BCUT2D eigenvalue weighted by atomic mass is 10.1. The van der Waals surface area contributed by atoms with E-state index in [-0.39, 0.29) is 19.3 Å². The molecule has 184 valence electrons. The van der Waals surface area contributed by atoms with Gasteiger partial charge in [0, 0.05) is 5.56 Å². The summed E-state index contributed by atoms with van der Waals surface area (Å²) in [6.07, 6.45) is -0.986. The molecule has 0 aliphatic heterocycles. The Morgan fingerprint density at radius 1 is 1.00 bits per heavy atom. The van der Waals surface area contributed by atoms with E-state index in [4.69, 9.17) is 14.7 Å². The third-order valence-electron chi connectivity index (χ3n) is 5.31. The van der Waals surface area contributed by atoms with Gasteiger partial charge in [-0.15, -0.1) is 0 Å². The lowest BCUT2D eigenvalue weighted by Crippen LogP contribution is -2.25. The smallest absolute Gasteiger partial charge is 0.271 e. The van der Waals surface area contributed by atoms with Crippen molar-refractivity contribution in [3.63, 3.8) is 0 Å². The minimum absolute atomic E-state index is 0.0154. The molecule has 0 aliphatic rings. The van der Waals surface area contributed by atoms with Gasteiger partial charge in [-0.2, -0.15) is 5.26 Å². The molecule has 0 fully saturated rings. The van der Waals surface area contributed by atoms with Gasteiger partial charge in [0.2, 0.25) is 6.10 Å². The highest BCUT2D eigenvalue weighted by molar-refractivity contribution is 7.22. The van der Waals surface area contributed by atoms with Crippen LogP contribution in [-0.2, 0) is 18.0 Å². The molecule has 36 heavy (non-hydrogen) atoms. The van der Waals surface area contributed by atoms with E-state index in [0.717, 1.165) is 4.70 Å². The van der Waals surface area contributed by atoms with E-state index in [1.165, 1.54) is 11.3 Å². The van der Waals surface area contributed by atoms with E-state index in [2.05, 4.69) is 16.4 Å². The Morgan fingerprint density at radius 2 is 1.61 bits per heavy atom. The van der Waals surface area contributed by atoms with Gasteiger partial charge in [-0.3, -0.25) is 10.1 Å². The van der Waals surface area contributed by atoms with E-state index in [0.29, 0.717) is 44.4 Å². The molecule has 1 aromatic heterocycles. The summed E-state index contributed by atoms with van der Waals surface area (Å²) in [5, 5.41) is 31.4. The third-order valence-corrected chi connectivity index (χ3v) is 6.24. The number of nitriles is 1. The van der Waals surface area contributed by atoms with E-state index < -0.39 is 12.0 Å². The van der Waals surface area contributed by atoms with Crippen molar-refractivity contribution in [1.82, 2.24) is 4.98 Å². The average molecular weight is 504 g/mol. The Kier molecular flexibility index (Phi) is 7.80. The van der Waals surface area contributed by atoms with Crippen molar-refractivity contribution in [3.05, 3.63) is 82.9 Å². The number of thiazole rings is 1. The maximum absolute atomic E-state index is 13.4. The summed E-state index contributed by atoms with van der Waals surface area (Å²) in [4.78, 5) is 17.9. The number of hydrogen-bond acceptors (Lipinski definition) is 8. The lowest BCUT2D eigenvalue weighted by Gasteiger charge is -2.19. The fourth-order valence-electron chi connectivity index (χ4n) is 3.59. The van der Waals surface area contributed by atoms with E-state index in [1.54, 1.807) is 60.7 Å². The van der Waals surface area contributed by atoms with Crippen LogP contribution in [0.1, 0.15) is 42.2 Å². The second kappa shape index (κ2) is 11.2. The van der Waals surface area contributed by atoms with Gasteiger partial charge in [0.25, 0.3) is 5.91 Å². The number of amides is 1. The summed E-state index contributed by atoms with van der Waals surface area (Å²) in [7, 11) is 0. The van der Waals surface area contributed by atoms with Crippen molar-refractivity contribution in [2.75, 3.05) is 5.32 Å². The molecule has 0 radical (unpaired) electrons. The summed E-state index contributed by atoms with van der Waals surface area (Å²) in [6, 6.07) is 19.1. The highest BCUT2D eigenvalue weighted by Gasteiger charge is 2.24. The first-order valence-electron chi connectivity index (χ1n) is 11.3. The molecule has 1 atom stereocenters. The van der Waals surface area contributed by atoms with Gasteiger partial charge in [0.1, 0.15) is 11.5 Å². The molecule has 4 aromatic rings. The number of fused-ring (bicyclic) bond motifs is 1. The van der Waals surface area contributed by atoms with Gasteiger partial charge < -0.3 is 19.7 Å². The summed E-state index contributed by atoms with van der Waals surface area (Å²) in [6.45, 7) is 3.44. The molecule has 0 bridgehead atoms. The van der Waals surface area contributed by atoms with Crippen LogP contribution in [0.2, 0.25) is 0 Å². The van der Waals surface area contributed by atoms with Crippen molar-refractivity contribution >= 4 is 32.6 Å². The van der Waals surface area contributed by atoms with Gasteiger partial charge in [0.05, 0.1) is 41.2 Å². The predicted octanol–water partition coefficient (Wildman–Crippen LogP) is 4.70. The molecule has 3 N–H and O–H groups in total. The van der Waals surface area contributed by atoms with Crippen LogP contribution in [0.25, 0.3) is 10.2 Å². The van der Waals surface area contributed by atoms with E-state index in [9.17, 15) is 15.0 Å². The first-order valence-corrected chi connectivity index (χ1v) is 12.1. The number of hydrogen-bond donors (Lipinski definition) is 3.